The second kappa shape index (κ2) is 8.19. The third kappa shape index (κ3) is 4.64. The highest BCUT2D eigenvalue weighted by Crippen LogP contribution is 2.35. The van der Waals surface area contributed by atoms with Crippen LogP contribution < -0.4 is 5.32 Å². The van der Waals surface area contributed by atoms with E-state index in [2.05, 4.69) is 24.3 Å². The molecule has 0 bridgehead atoms. The van der Waals surface area contributed by atoms with E-state index in [9.17, 15) is 9.59 Å². The number of piperazine rings is 1. The van der Waals surface area contributed by atoms with Gasteiger partial charge in [0, 0.05) is 29.2 Å². The number of nitrogens with one attached hydrogen (secondary N) is 1. The quantitative estimate of drug-likeness (QED) is 0.768. The van der Waals surface area contributed by atoms with Crippen molar-refractivity contribution in [3.63, 3.8) is 0 Å². The summed E-state index contributed by atoms with van der Waals surface area (Å²) in [5.74, 6) is 1.15. The van der Waals surface area contributed by atoms with Gasteiger partial charge in [-0.05, 0) is 48.9 Å². The molecule has 0 radical (unpaired) electrons. The van der Waals surface area contributed by atoms with Gasteiger partial charge in [-0.2, -0.15) is 0 Å². The van der Waals surface area contributed by atoms with Crippen LogP contribution in [0, 0.1) is 11.8 Å². The number of benzene rings is 1. The number of aromatic nitrogens is 1. The van der Waals surface area contributed by atoms with Gasteiger partial charge in [-0.15, -0.1) is 0 Å². The molecule has 2 aliphatic rings. The molecule has 1 saturated heterocycles. The minimum Gasteiger partial charge on any atom is -0.355 e. The van der Waals surface area contributed by atoms with Crippen LogP contribution in [0.25, 0.3) is 11.3 Å². The summed E-state index contributed by atoms with van der Waals surface area (Å²) in [5, 5.41) is 7.75. The number of hydrogen-bond donors (Lipinski definition) is 1. The molecule has 154 valence electrons. The number of rotatable bonds is 6. The molecule has 2 heterocycles. The van der Waals surface area contributed by atoms with Gasteiger partial charge in [0.1, 0.15) is 6.04 Å². The van der Waals surface area contributed by atoms with E-state index in [4.69, 9.17) is 16.1 Å². The fraction of sp³-hybridized carbons (Fsp3) is 0.500. The van der Waals surface area contributed by atoms with E-state index < -0.39 is 6.04 Å². The van der Waals surface area contributed by atoms with E-state index in [0.29, 0.717) is 35.6 Å². The molecular formula is C22H26ClN3O3. The minimum atomic E-state index is -0.478. The zero-order chi connectivity index (χ0) is 20.5. The summed E-state index contributed by atoms with van der Waals surface area (Å²) in [6.07, 6.45) is 3.97. The summed E-state index contributed by atoms with van der Waals surface area (Å²) < 4.78 is 5.41. The van der Waals surface area contributed by atoms with Crippen LogP contribution in [0.4, 0.5) is 0 Å². The van der Waals surface area contributed by atoms with Crippen LogP contribution in [-0.2, 0) is 4.79 Å². The van der Waals surface area contributed by atoms with Gasteiger partial charge in [-0.1, -0.05) is 43.4 Å². The van der Waals surface area contributed by atoms with E-state index in [-0.39, 0.29) is 23.6 Å². The molecule has 2 amide bonds. The molecule has 1 aromatic heterocycles. The maximum Gasteiger partial charge on any atom is 0.276 e. The van der Waals surface area contributed by atoms with Crippen LogP contribution in [0.5, 0.6) is 0 Å². The lowest BCUT2D eigenvalue weighted by atomic mass is 9.96. The first kappa shape index (κ1) is 20.0. The predicted molar refractivity (Wildman–Crippen MR) is 111 cm³/mol. The summed E-state index contributed by atoms with van der Waals surface area (Å²) >= 11 is 5.94. The van der Waals surface area contributed by atoms with E-state index in [1.54, 1.807) is 23.1 Å². The lowest BCUT2D eigenvalue weighted by Gasteiger charge is -2.40. The van der Waals surface area contributed by atoms with Gasteiger partial charge < -0.3 is 14.7 Å². The fourth-order valence-corrected chi connectivity index (χ4v) is 4.04. The highest BCUT2D eigenvalue weighted by atomic mass is 35.5. The van der Waals surface area contributed by atoms with Gasteiger partial charge in [0.2, 0.25) is 5.91 Å². The van der Waals surface area contributed by atoms with Crippen LogP contribution in [-0.4, -0.2) is 40.5 Å². The zero-order valence-corrected chi connectivity index (χ0v) is 17.5. The first-order valence-corrected chi connectivity index (χ1v) is 10.6. The molecule has 29 heavy (non-hydrogen) atoms. The molecule has 2 aromatic rings. The molecule has 4 rings (SSSR count). The summed E-state index contributed by atoms with van der Waals surface area (Å²) in [6.45, 7) is 4.63. The van der Waals surface area contributed by atoms with Gasteiger partial charge in [0.25, 0.3) is 5.91 Å². The molecule has 6 nitrogen and oxygen atoms in total. The van der Waals surface area contributed by atoms with Crippen molar-refractivity contribution in [2.24, 2.45) is 11.8 Å². The molecule has 0 spiro atoms. The third-order valence-electron chi connectivity index (χ3n) is 5.57. The Morgan fingerprint density at radius 2 is 2.03 bits per heavy atom. The average molecular weight is 416 g/mol. The van der Waals surface area contributed by atoms with Crippen molar-refractivity contribution in [1.29, 1.82) is 0 Å². The highest BCUT2D eigenvalue weighted by molar-refractivity contribution is 6.30. The largest absolute Gasteiger partial charge is 0.355 e. The molecule has 7 heteroatoms. The van der Waals surface area contributed by atoms with Crippen molar-refractivity contribution in [3.8, 4) is 11.3 Å². The molecule has 2 fully saturated rings. The maximum atomic E-state index is 13.3. The summed E-state index contributed by atoms with van der Waals surface area (Å²) in [5.41, 5.74) is 1.02. The standard InChI is InChI=1S/C22H26ClN3O3/c1-13(2)9-19-21(27)24-17(10-14-3-4-14)12-26(19)22(28)18-11-20(29-25-18)15-5-7-16(23)8-6-15/h5-8,11,13-14,17,19H,3-4,9-10,12H2,1-2H3,(H,24,27). The SMILES string of the molecule is CC(C)CC1C(=O)NC(CC2CC2)CN1C(=O)c1cc(-c2ccc(Cl)cc2)on1. The van der Waals surface area contributed by atoms with Crippen LogP contribution in [0.1, 0.15) is 50.0 Å². The van der Waals surface area contributed by atoms with Gasteiger partial charge in [0.05, 0.1) is 0 Å². The predicted octanol–water partition coefficient (Wildman–Crippen LogP) is 4.15. The summed E-state index contributed by atoms with van der Waals surface area (Å²) in [7, 11) is 0. The Morgan fingerprint density at radius 3 is 2.69 bits per heavy atom. The van der Waals surface area contributed by atoms with Crippen LogP contribution in [0.2, 0.25) is 5.02 Å². The van der Waals surface area contributed by atoms with Crippen LogP contribution >= 0.6 is 11.6 Å². The van der Waals surface area contributed by atoms with Gasteiger partial charge >= 0.3 is 0 Å². The van der Waals surface area contributed by atoms with Crippen LogP contribution in [0.15, 0.2) is 34.9 Å². The minimum absolute atomic E-state index is 0.00463. The molecule has 1 aliphatic carbocycles. The molecule has 1 saturated carbocycles. The highest BCUT2D eigenvalue weighted by Gasteiger charge is 2.40. The van der Waals surface area contributed by atoms with Crippen molar-refractivity contribution in [2.75, 3.05) is 6.54 Å². The maximum absolute atomic E-state index is 13.3. The first-order valence-electron chi connectivity index (χ1n) is 10.2. The smallest absolute Gasteiger partial charge is 0.276 e. The Kier molecular flexibility index (Phi) is 5.63. The number of carbonyl (C=O) groups is 2. The Bertz CT molecular complexity index is 889. The molecule has 1 aliphatic heterocycles. The topological polar surface area (TPSA) is 75.4 Å². The Labute approximate surface area is 175 Å². The fourth-order valence-electron chi connectivity index (χ4n) is 3.92. The second-order valence-electron chi connectivity index (χ2n) is 8.57. The number of carbonyl (C=O) groups excluding carboxylic acids is 2. The lowest BCUT2D eigenvalue weighted by Crippen LogP contribution is -2.62. The molecule has 2 atom stereocenters. The van der Waals surface area contributed by atoms with Crippen molar-refractivity contribution in [2.45, 2.75) is 51.6 Å². The summed E-state index contributed by atoms with van der Waals surface area (Å²) in [6, 6.07) is 8.32. The third-order valence-corrected chi connectivity index (χ3v) is 5.82. The number of halogens is 1. The van der Waals surface area contributed by atoms with E-state index in [0.717, 1.165) is 12.0 Å². The van der Waals surface area contributed by atoms with E-state index >= 15 is 0 Å². The van der Waals surface area contributed by atoms with Gasteiger partial charge in [-0.3, -0.25) is 9.59 Å². The molecule has 1 aromatic carbocycles. The second-order valence-corrected chi connectivity index (χ2v) is 9.01. The number of hydrogen-bond acceptors (Lipinski definition) is 4. The normalized spacial score (nSPS) is 22.1. The molecule has 1 N–H and O–H groups in total. The monoisotopic (exact) mass is 415 g/mol. The van der Waals surface area contributed by atoms with Crippen molar-refractivity contribution >= 4 is 23.4 Å². The van der Waals surface area contributed by atoms with Gasteiger partial charge in [0.15, 0.2) is 11.5 Å². The molecule has 2 unspecified atom stereocenters. The zero-order valence-electron chi connectivity index (χ0n) is 16.7. The van der Waals surface area contributed by atoms with Crippen molar-refractivity contribution < 1.29 is 14.1 Å². The summed E-state index contributed by atoms with van der Waals surface area (Å²) in [4.78, 5) is 27.8. The van der Waals surface area contributed by atoms with Crippen molar-refractivity contribution in [3.05, 3.63) is 41.0 Å². The first-order chi connectivity index (χ1) is 13.9. The Hall–Kier alpha value is -2.34. The Morgan fingerprint density at radius 1 is 1.31 bits per heavy atom. The van der Waals surface area contributed by atoms with Crippen LogP contribution in [0.3, 0.4) is 0 Å². The van der Waals surface area contributed by atoms with E-state index in [1.165, 1.54) is 12.8 Å². The average Bonchev–Trinajstić information content (AvgIpc) is 3.35. The Balaban J connectivity index is 1.56. The van der Waals surface area contributed by atoms with Gasteiger partial charge in [-0.25, -0.2) is 0 Å². The lowest BCUT2D eigenvalue weighted by molar-refractivity contribution is -0.130. The number of amides is 2. The molecular weight excluding hydrogens is 390 g/mol. The van der Waals surface area contributed by atoms with E-state index in [1.807, 2.05) is 12.1 Å². The van der Waals surface area contributed by atoms with Crippen molar-refractivity contribution in [1.82, 2.24) is 15.4 Å². The number of nitrogens with zero attached hydrogens (tertiary/aromatic N) is 2.